The number of nitrogens with two attached hydrogens (primary N) is 1. The second-order valence-corrected chi connectivity index (χ2v) is 7.16. The van der Waals surface area contributed by atoms with E-state index in [1.54, 1.807) is 12.1 Å². The molecule has 5 nitrogen and oxygen atoms in total. The fourth-order valence-corrected chi connectivity index (χ4v) is 3.81. The summed E-state index contributed by atoms with van der Waals surface area (Å²) in [7, 11) is 0. The number of rotatable bonds is 7. The predicted octanol–water partition coefficient (Wildman–Crippen LogP) is 3.95. The molecule has 134 valence electrons. The first-order chi connectivity index (χ1) is 11.9. The number of hydrogen-bond donors (Lipinski definition) is 2. The number of nitrogens with zero attached hydrogens (tertiary/aromatic N) is 1. The van der Waals surface area contributed by atoms with Gasteiger partial charge in [-0.2, -0.15) is 0 Å². The van der Waals surface area contributed by atoms with E-state index in [0.717, 1.165) is 35.6 Å². The van der Waals surface area contributed by atoms with E-state index in [9.17, 15) is 9.59 Å². The maximum atomic E-state index is 12.5. The Kier molecular flexibility index (Phi) is 6.20. The normalized spacial score (nSPS) is 10.6. The van der Waals surface area contributed by atoms with E-state index in [-0.39, 0.29) is 5.91 Å². The third kappa shape index (κ3) is 4.20. The number of carbonyl (C=O) groups is 2. The first kappa shape index (κ1) is 19.0. The summed E-state index contributed by atoms with van der Waals surface area (Å²) in [6.45, 7) is 9.91. The smallest absolute Gasteiger partial charge is 0.256 e. The molecule has 0 aliphatic carbocycles. The van der Waals surface area contributed by atoms with Crippen molar-refractivity contribution in [2.24, 2.45) is 5.73 Å². The summed E-state index contributed by atoms with van der Waals surface area (Å²) in [4.78, 5) is 27.4. The van der Waals surface area contributed by atoms with Crippen molar-refractivity contribution in [3.05, 3.63) is 45.8 Å². The van der Waals surface area contributed by atoms with Gasteiger partial charge < -0.3 is 16.0 Å². The first-order valence-corrected chi connectivity index (χ1v) is 9.26. The molecule has 0 aliphatic heterocycles. The minimum Gasteiger partial charge on any atom is -0.372 e. The van der Waals surface area contributed by atoms with Crippen molar-refractivity contribution in [2.45, 2.75) is 34.1 Å². The van der Waals surface area contributed by atoms with Gasteiger partial charge in [0.25, 0.3) is 11.8 Å². The number of thiophene rings is 1. The molecule has 2 aromatic rings. The average Bonchev–Trinajstić information content (AvgIpc) is 2.86. The van der Waals surface area contributed by atoms with Crippen LogP contribution in [0.15, 0.2) is 24.3 Å². The van der Waals surface area contributed by atoms with Crippen molar-refractivity contribution >= 4 is 33.8 Å². The second kappa shape index (κ2) is 8.16. The van der Waals surface area contributed by atoms with Crippen LogP contribution in [0.4, 0.5) is 10.7 Å². The Morgan fingerprint density at radius 3 is 2.32 bits per heavy atom. The van der Waals surface area contributed by atoms with Crippen LogP contribution in [-0.4, -0.2) is 24.9 Å². The Labute approximate surface area is 152 Å². The van der Waals surface area contributed by atoms with Gasteiger partial charge in [0.05, 0.1) is 5.56 Å². The number of benzene rings is 1. The van der Waals surface area contributed by atoms with Crippen LogP contribution in [0.3, 0.4) is 0 Å². The standard InChI is InChI=1S/C19H25N3O2S/c1-5-11-22(6-2)15-9-7-14(8-10-15)18(24)21-19-16(17(20)23)12(3)13(4)25-19/h7-10H,5-6,11H2,1-4H3,(H2,20,23)(H,21,24). The van der Waals surface area contributed by atoms with Gasteiger partial charge in [0.1, 0.15) is 5.00 Å². The van der Waals surface area contributed by atoms with Crippen LogP contribution in [0.25, 0.3) is 0 Å². The fourth-order valence-electron chi connectivity index (χ4n) is 2.75. The van der Waals surface area contributed by atoms with Gasteiger partial charge in [-0.25, -0.2) is 0 Å². The quantitative estimate of drug-likeness (QED) is 0.786. The van der Waals surface area contributed by atoms with Gasteiger partial charge in [-0.05, 0) is 57.0 Å². The molecule has 1 aromatic heterocycles. The molecule has 0 bridgehead atoms. The molecule has 0 aliphatic rings. The number of anilines is 2. The molecule has 25 heavy (non-hydrogen) atoms. The van der Waals surface area contributed by atoms with Gasteiger partial charge in [0, 0.05) is 29.2 Å². The Morgan fingerprint density at radius 1 is 1.16 bits per heavy atom. The zero-order valence-electron chi connectivity index (χ0n) is 15.2. The van der Waals surface area contributed by atoms with Crippen LogP contribution in [-0.2, 0) is 0 Å². The molecule has 0 spiro atoms. The molecule has 0 saturated carbocycles. The van der Waals surface area contributed by atoms with Crippen LogP contribution in [0.5, 0.6) is 0 Å². The minimum absolute atomic E-state index is 0.242. The summed E-state index contributed by atoms with van der Waals surface area (Å²) < 4.78 is 0. The van der Waals surface area contributed by atoms with Crippen LogP contribution >= 0.6 is 11.3 Å². The largest absolute Gasteiger partial charge is 0.372 e. The van der Waals surface area contributed by atoms with Crippen molar-refractivity contribution < 1.29 is 9.59 Å². The third-order valence-corrected chi connectivity index (χ3v) is 5.35. The van der Waals surface area contributed by atoms with Crippen molar-refractivity contribution in [1.82, 2.24) is 0 Å². The Bertz CT molecular complexity index is 766. The molecule has 0 atom stereocenters. The summed E-state index contributed by atoms with van der Waals surface area (Å²) in [6.07, 6.45) is 1.07. The van der Waals surface area contributed by atoms with E-state index in [1.165, 1.54) is 11.3 Å². The highest BCUT2D eigenvalue weighted by atomic mass is 32.1. The lowest BCUT2D eigenvalue weighted by molar-refractivity contribution is 0.100. The highest BCUT2D eigenvalue weighted by molar-refractivity contribution is 7.16. The summed E-state index contributed by atoms with van der Waals surface area (Å²) in [6, 6.07) is 7.52. The molecule has 0 unspecified atom stereocenters. The second-order valence-electron chi connectivity index (χ2n) is 5.93. The summed E-state index contributed by atoms with van der Waals surface area (Å²) in [5.74, 6) is -0.764. The topological polar surface area (TPSA) is 75.4 Å². The van der Waals surface area contributed by atoms with Crippen molar-refractivity contribution in [2.75, 3.05) is 23.3 Å². The molecular formula is C19H25N3O2S. The molecule has 1 aromatic carbocycles. The lowest BCUT2D eigenvalue weighted by Crippen LogP contribution is -2.23. The van der Waals surface area contributed by atoms with Crippen molar-refractivity contribution in [1.29, 1.82) is 0 Å². The summed E-state index contributed by atoms with van der Waals surface area (Å²) in [5.41, 5.74) is 8.32. The highest BCUT2D eigenvalue weighted by Crippen LogP contribution is 2.32. The van der Waals surface area contributed by atoms with E-state index in [4.69, 9.17) is 5.73 Å². The van der Waals surface area contributed by atoms with Gasteiger partial charge in [-0.3, -0.25) is 9.59 Å². The average molecular weight is 359 g/mol. The Morgan fingerprint density at radius 2 is 1.80 bits per heavy atom. The monoisotopic (exact) mass is 359 g/mol. The van der Waals surface area contributed by atoms with E-state index < -0.39 is 5.91 Å². The molecule has 0 saturated heterocycles. The van der Waals surface area contributed by atoms with Crippen LogP contribution < -0.4 is 16.0 Å². The molecule has 0 radical (unpaired) electrons. The molecule has 2 rings (SSSR count). The zero-order chi connectivity index (χ0) is 18.6. The highest BCUT2D eigenvalue weighted by Gasteiger charge is 2.19. The number of hydrogen-bond acceptors (Lipinski definition) is 4. The maximum Gasteiger partial charge on any atom is 0.256 e. The van der Waals surface area contributed by atoms with E-state index in [0.29, 0.717) is 16.1 Å². The van der Waals surface area contributed by atoms with Crippen LogP contribution in [0.2, 0.25) is 0 Å². The number of amides is 2. The number of aryl methyl sites for hydroxylation is 1. The van der Waals surface area contributed by atoms with Gasteiger partial charge in [0.2, 0.25) is 0 Å². The zero-order valence-corrected chi connectivity index (χ0v) is 16.0. The lowest BCUT2D eigenvalue weighted by Gasteiger charge is -2.22. The lowest BCUT2D eigenvalue weighted by atomic mass is 10.1. The number of nitrogens with one attached hydrogen (secondary N) is 1. The SMILES string of the molecule is CCCN(CC)c1ccc(C(=O)Nc2sc(C)c(C)c2C(N)=O)cc1. The third-order valence-electron chi connectivity index (χ3n) is 4.23. The molecular weight excluding hydrogens is 334 g/mol. The van der Waals surface area contributed by atoms with Gasteiger partial charge in [-0.15, -0.1) is 11.3 Å². The molecule has 1 heterocycles. The van der Waals surface area contributed by atoms with Crippen LogP contribution in [0.1, 0.15) is 51.4 Å². The van der Waals surface area contributed by atoms with Crippen molar-refractivity contribution in [3.8, 4) is 0 Å². The maximum absolute atomic E-state index is 12.5. The fraction of sp³-hybridized carbons (Fsp3) is 0.368. The molecule has 3 N–H and O–H groups in total. The molecule has 0 fully saturated rings. The molecule has 2 amide bonds. The van der Waals surface area contributed by atoms with E-state index in [2.05, 4.69) is 24.1 Å². The first-order valence-electron chi connectivity index (χ1n) is 8.45. The minimum atomic E-state index is -0.523. The van der Waals surface area contributed by atoms with E-state index >= 15 is 0 Å². The number of carbonyl (C=O) groups excluding carboxylic acids is 2. The summed E-state index contributed by atoms with van der Waals surface area (Å²) >= 11 is 1.37. The van der Waals surface area contributed by atoms with Crippen LogP contribution in [0, 0.1) is 13.8 Å². The van der Waals surface area contributed by atoms with Gasteiger partial charge in [-0.1, -0.05) is 6.92 Å². The Hall–Kier alpha value is -2.34. The van der Waals surface area contributed by atoms with Crippen molar-refractivity contribution in [3.63, 3.8) is 0 Å². The predicted molar refractivity (Wildman–Crippen MR) is 105 cm³/mol. The van der Waals surface area contributed by atoms with Gasteiger partial charge in [0.15, 0.2) is 0 Å². The molecule has 6 heteroatoms. The number of primary amides is 1. The summed E-state index contributed by atoms with van der Waals surface area (Å²) in [5, 5.41) is 3.33. The van der Waals surface area contributed by atoms with Gasteiger partial charge >= 0.3 is 0 Å². The van der Waals surface area contributed by atoms with E-state index in [1.807, 2.05) is 26.0 Å². The Balaban J connectivity index is 2.19.